The number of aliphatic carboxylic acids is 1. The van der Waals surface area contributed by atoms with Crippen LogP contribution in [0.5, 0.6) is 0 Å². The van der Waals surface area contributed by atoms with Gasteiger partial charge in [-0.15, -0.1) is 0 Å². The maximum atomic E-state index is 12.6. The predicted octanol–water partition coefficient (Wildman–Crippen LogP) is 2.75. The molecule has 0 N–H and O–H groups in total. The number of carbonyl (C=O) groups excluding carboxylic acids is 2. The minimum atomic E-state index is -1.27. The first-order chi connectivity index (χ1) is 11.4. The van der Waals surface area contributed by atoms with Crippen molar-refractivity contribution in [2.24, 2.45) is 0 Å². The van der Waals surface area contributed by atoms with E-state index in [0.29, 0.717) is 17.7 Å². The second kappa shape index (κ2) is 8.26. The zero-order valence-corrected chi connectivity index (χ0v) is 15.2. The van der Waals surface area contributed by atoms with Gasteiger partial charge in [0, 0.05) is 0 Å². The third-order valence-electron chi connectivity index (χ3n) is 3.52. The number of amides is 1. The van der Waals surface area contributed by atoms with Crippen LogP contribution in [0, 0.1) is 0 Å². The fraction of sp³-hybridized carbons (Fsp3) is 0.278. The summed E-state index contributed by atoms with van der Waals surface area (Å²) in [6.07, 6.45) is 4.64. The normalized spacial score (nSPS) is 18.3. The van der Waals surface area contributed by atoms with Crippen LogP contribution in [0.2, 0.25) is 0 Å². The lowest BCUT2D eigenvalue weighted by Crippen LogP contribution is -2.49. The van der Waals surface area contributed by atoms with E-state index in [0.717, 1.165) is 22.9 Å². The van der Waals surface area contributed by atoms with Crippen molar-refractivity contribution in [1.82, 2.24) is 4.90 Å². The van der Waals surface area contributed by atoms with Gasteiger partial charge in [-0.05, 0) is 30.6 Å². The number of nitrogens with zero attached hydrogens (tertiary/aromatic N) is 1. The van der Waals surface area contributed by atoms with Crippen molar-refractivity contribution in [2.45, 2.75) is 32.7 Å². The van der Waals surface area contributed by atoms with E-state index in [1.807, 2.05) is 50.3 Å². The Morgan fingerprint density at radius 1 is 1.38 bits per heavy atom. The Bertz CT molecular complexity index is 710. The summed E-state index contributed by atoms with van der Waals surface area (Å²) in [4.78, 5) is 25.5. The van der Waals surface area contributed by atoms with Crippen molar-refractivity contribution >= 4 is 46.3 Å². The molecule has 1 aromatic carbocycles. The molecule has 1 aliphatic heterocycles. The van der Waals surface area contributed by atoms with E-state index < -0.39 is 12.0 Å². The molecule has 126 valence electrons. The number of allylic oxidation sites excluding steroid dienone is 2. The Hall–Kier alpha value is -1.92. The van der Waals surface area contributed by atoms with E-state index in [1.165, 1.54) is 4.90 Å². The molecule has 0 spiro atoms. The van der Waals surface area contributed by atoms with Gasteiger partial charge in [0.05, 0.1) is 16.9 Å². The van der Waals surface area contributed by atoms with Crippen LogP contribution in [0.3, 0.4) is 0 Å². The Labute approximate surface area is 151 Å². The van der Waals surface area contributed by atoms with Crippen LogP contribution < -0.4 is 5.11 Å². The monoisotopic (exact) mass is 360 g/mol. The molecule has 1 fully saturated rings. The van der Waals surface area contributed by atoms with Gasteiger partial charge in [0.25, 0.3) is 5.91 Å². The highest BCUT2D eigenvalue weighted by molar-refractivity contribution is 8.26. The number of thioether (sulfide) groups is 1. The zero-order chi connectivity index (χ0) is 17.7. The zero-order valence-electron chi connectivity index (χ0n) is 13.5. The van der Waals surface area contributed by atoms with Crippen molar-refractivity contribution in [1.29, 1.82) is 0 Å². The molecule has 1 aliphatic rings. The van der Waals surface area contributed by atoms with Crippen LogP contribution in [0.25, 0.3) is 6.08 Å². The first-order valence-electron chi connectivity index (χ1n) is 7.65. The molecule has 0 aromatic heterocycles. The van der Waals surface area contributed by atoms with Crippen LogP contribution >= 0.6 is 24.0 Å². The Balaban J connectivity index is 2.24. The molecule has 1 saturated heterocycles. The molecular formula is C18H18NO3S2-. The maximum absolute atomic E-state index is 12.6. The molecule has 1 heterocycles. The van der Waals surface area contributed by atoms with Crippen LogP contribution in [0.1, 0.15) is 32.3 Å². The average Bonchev–Trinajstić information content (AvgIpc) is 2.80. The molecule has 0 saturated carbocycles. The standard InChI is InChI=1S/C18H19NO3S2/c1-3-7-14(17(21)22)19-16(20)15(24-18(19)23)11-12(2)10-13-8-5-4-6-9-13/h4-6,8-11,14H,3,7H2,1-2H3,(H,21,22)/p-1/b12-10+,15-11-. The summed E-state index contributed by atoms with van der Waals surface area (Å²) in [6, 6.07) is 8.74. The highest BCUT2D eigenvalue weighted by Crippen LogP contribution is 2.34. The summed E-state index contributed by atoms with van der Waals surface area (Å²) < 4.78 is 0.265. The molecule has 24 heavy (non-hydrogen) atoms. The lowest BCUT2D eigenvalue weighted by molar-refractivity contribution is -0.310. The van der Waals surface area contributed by atoms with Gasteiger partial charge in [-0.3, -0.25) is 9.69 Å². The topological polar surface area (TPSA) is 60.4 Å². The molecule has 1 atom stereocenters. The summed E-state index contributed by atoms with van der Waals surface area (Å²) in [6.45, 7) is 3.75. The van der Waals surface area contributed by atoms with Gasteiger partial charge in [0.2, 0.25) is 0 Å². The lowest BCUT2D eigenvalue weighted by atomic mass is 10.1. The largest absolute Gasteiger partial charge is 0.548 e. The van der Waals surface area contributed by atoms with Gasteiger partial charge in [0.15, 0.2) is 0 Å². The minimum Gasteiger partial charge on any atom is -0.548 e. The van der Waals surface area contributed by atoms with E-state index >= 15 is 0 Å². The number of carboxylic acid groups (broad SMARTS) is 1. The predicted molar refractivity (Wildman–Crippen MR) is 98.9 cm³/mol. The SMILES string of the molecule is CCCC(C(=O)[O-])N1C(=O)/C(=C/C(C)=C/c2ccccc2)SC1=S. The molecule has 0 aliphatic carbocycles. The summed E-state index contributed by atoms with van der Waals surface area (Å²) in [5.74, 6) is -1.64. The minimum absolute atomic E-state index is 0.265. The highest BCUT2D eigenvalue weighted by Gasteiger charge is 2.37. The third-order valence-corrected chi connectivity index (χ3v) is 4.85. The van der Waals surface area contributed by atoms with Crippen molar-refractivity contribution < 1.29 is 14.7 Å². The van der Waals surface area contributed by atoms with Crippen molar-refractivity contribution in [2.75, 3.05) is 0 Å². The Morgan fingerprint density at radius 2 is 2.04 bits per heavy atom. The summed E-state index contributed by atoms with van der Waals surface area (Å²) >= 11 is 6.33. The third kappa shape index (κ3) is 4.33. The van der Waals surface area contributed by atoms with E-state index in [2.05, 4.69) is 0 Å². The Morgan fingerprint density at radius 3 is 2.62 bits per heavy atom. The molecule has 1 amide bonds. The second-order valence-electron chi connectivity index (χ2n) is 5.47. The number of thiocarbonyl (C=S) groups is 1. The second-order valence-corrected chi connectivity index (χ2v) is 7.15. The van der Waals surface area contributed by atoms with Gasteiger partial charge in [-0.2, -0.15) is 0 Å². The van der Waals surface area contributed by atoms with E-state index in [9.17, 15) is 14.7 Å². The maximum Gasteiger partial charge on any atom is 0.266 e. The van der Waals surface area contributed by atoms with Crippen LogP contribution in [0.4, 0.5) is 0 Å². The molecule has 1 unspecified atom stereocenters. The van der Waals surface area contributed by atoms with Gasteiger partial charge in [-0.1, -0.05) is 73.7 Å². The van der Waals surface area contributed by atoms with Crippen molar-refractivity contribution in [3.63, 3.8) is 0 Å². The van der Waals surface area contributed by atoms with Gasteiger partial charge < -0.3 is 9.90 Å². The summed E-state index contributed by atoms with van der Waals surface area (Å²) in [5.41, 5.74) is 1.92. The molecule has 0 radical (unpaired) electrons. The van der Waals surface area contributed by atoms with E-state index in [4.69, 9.17) is 12.2 Å². The van der Waals surface area contributed by atoms with Gasteiger partial charge in [0.1, 0.15) is 4.32 Å². The van der Waals surface area contributed by atoms with Crippen molar-refractivity contribution in [3.8, 4) is 0 Å². The average molecular weight is 360 g/mol. The number of hydrogen-bond donors (Lipinski definition) is 0. The number of carboxylic acids is 1. The Kier molecular flexibility index (Phi) is 6.34. The first kappa shape index (κ1) is 18.4. The molecule has 1 aromatic rings. The highest BCUT2D eigenvalue weighted by atomic mass is 32.2. The quantitative estimate of drug-likeness (QED) is 0.577. The number of rotatable bonds is 6. The molecule has 4 nitrogen and oxygen atoms in total. The molecule has 0 bridgehead atoms. The lowest BCUT2D eigenvalue weighted by Gasteiger charge is -2.27. The smallest absolute Gasteiger partial charge is 0.266 e. The van der Waals surface area contributed by atoms with Crippen molar-refractivity contribution in [3.05, 3.63) is 52.4 Å². The van der Waals surface area contributed by atoms with Gasteiger partial charge >= 0.3 is 0 Å². The fourth-order valence-corrected chi connectivity index (χ4v) is 3.84. The fourth-order valence-electron chi connectivity index (χ4n) is 2.43. The molecular weight excluding hydrogens is 342 g/mol. The number of benzene rings is 1. The first-order valence-corrected chi connectivity index (χ1v) is 8.87. The van der Waals surface area contributed by atoms with E-state index in [-0.39, 0.29) is 10.2 Å². The molecule has 2 rings (SSSR count). The number of hydrogen-bond acceptors (Lipinski definition) is 5. The van der Waals surface area contributed by atoms with Crippen LogP contribution in [-0.2, 0) is 9.59 Å². The summed E-state index contributed by atoms with van der Waals surface area (Å²) in [7, 11) is 0. The molecule has 6 heteroatoms. The van der Waals surface area contributed by atoms with E-state index in [1.54, 1.807) is 6.08 Å². The van der Waals surface area contributed by atoms with Crippen LogP contribution in [-0.4, -0.2) is 27.1 Å². The number of carbonyl (C=O) groups is 2. The summed E-state index contributed by atoms with van der Waals surface area (Å²) in [5, 5.41) is 11.3. The van der Waals surface area contributed by atoms with Crippen LogP contribution in [0.15, 0.2) is 46.9 Å². The van der Waals surface area contributed by atoms with Gasteiger partial charge in [-0.25, -0.2) is 0 Å².